The summed E-state index contributed by atoms with van der Waals surface area (Å²) in [7, 11) is -0.139. The SMILES string of the molecule is CCCCc1ccn(-c2[c-]cccc2)n1.C[SiH2]c1ccn(-c2[c-]cccc2)n1.[CH3][GeH2][c]1ccn(-c2[c-]cccc2)n1.[Ir].[Ir].[Rh].[Rh].[c-]1ccccc1-n1cnc(Cc2ccccc2)n1. The van der Waals surface area contributed by atoms with Gasteiger partial charge < -0.3 is 0 Å². The first-order chi connectivity index (χ1) is 29.1. The Bertz CT molecular complexity index is 2430. The summed E-state index contributed by atoms with van der Waals surface area (Å²) in [6.07, 6.45) is 12.0. The molecule has 15 heteroatoms. The topological polar surface area (TPSA) is 84.2 Å². The molecule has 9 rings (SSSR count). The summed E-state index contributed by atoms with van der Waals surface area (Å²) in [4.78, 5) is 4.32. The maximum absolute atomic E-state index is 4.50. The fourth-order valence-electron chi connectivity index (χ4n) is 5.73. The van der Waals surface area contributed by atoms with Crippen molar-refractivity contribution >= 4 is 34.8 Å². The maximum atomic E-state index is 4.50. The van der Waals surface area contributed by atoms with E-state index in [0.717, 1.165) is 47.1 Å². The molecule has 4 heterocycles. The fourth-order valence-corrected chi connectivity index (χ4v) is 7.70. The van der Waals surface area contributed by atoms with Crippen LogP contribution in [0, 0.1) is 24.3 Å². The van der Waals surface area contributed by atoms with Crippen LogP contribution in [0.4, 0.5) is 0 Å². The molecule has 0 spiro atoms. The first kappa shape index (κ1) is 55.3. The fraction of sp³-hybridized carbons (Fsp3) is 0.146. The molecule has 0 aliphatic carbocycles. The van der Waals surface area contributed by atoms with E-state index >= 15 is 0 Å². The van der Waals surface area contributed by atoms with Crippen LogP contribution in [0.5, 0.6) is 0 Å². The van der Waals surface area contributed by atoms with Crippen molar-refractivity contribution in [2.75, 3.05) is 0 Å². The van der Waals surface area contributed by atoms with Gasteiger partial charge in [-0.3, -0.25) is 9.36 Å². The van der Waals surface area contributed by atoms with Crippen LogP contribution in [-0.2, 0) is 92.0 Å². The minimum absolute atomic E-state index is 0. The summed E-state index contributed by atoms with van der Waals surface area (Å²) < 4.78 is 8.70. The summed E-state index contributed by atoms with van der Waals surface area (Å²) in [5.74, 6) is 3.10. The number of aromatic nitrogens is 9. The summed E-state index contributed by atoms with van der Waals surface area (Å²) >= 11 is -0.527. The van der Waals surface area contributed by atoms with Gasteiger partial charge in [-0.25, -0.2) is 9.67 Å². The number of rotatable bonds is 11. The van der Waals surface area contributed by atoms with Crippen molar-refractivity contribution in [3.8, 4) is 22.7 Å². The third-order valence-corrected chi connectivity index (χ3v) is 12.4. The first-order valence-corrected chi connectivity index (χ1v) is 26.7. The Labute approximate surface area is 433 Å². The molecule has 0 bridgehead atoms. The van der Waals surface area contributed by atoms with E-state index in [1.807, 2.05) is 148 Å². The Morgan fingerprint density at radius 1 is 0.556 bits per heavy atom. The summed E-state index contributed by atoms with van der Waals surface area (Å²) in [6.45, 7) is 4.43. The van der Waals surface area contributed by atoms with Crippen LogP contribution >= 0.6 is 0 Å². The molecule has 9 nitrogen and oxygen atoms in total. The van der Waals surface area contributed by atoms with E-state index < -0.39 is 15.4 Å². The van der Waals surface area contributed by atoms with Crippen molar-refractivity contribution in [3.05, 3.63) is 212 Å². The molecule has 4 aromatic heterocycles. The summed E-state index contributed by atoms with van der Waals surface area (Å²) in [5.41, 5.74) is 6.31. The quantitative estimate of drug-likeness (QED) is 0.107. The van der Waals surface area contributed by atoms with Crippen molar-refractivity contribution in [1.82, 2.24) is 44.1 Å². The molecule has 0 aliphatic heterocycles. The first-order valence-electron chi connectivity index (χ1n) is 20.1. The van der Waals surface area contributed by atoms with Gasteiger partial charge in [0, 0.05) is 103 Å². The smallest absolute Gasteiger partial charge is 0.155 e. The largest absolute Gasteiger partial charge is 0.245 e. The van der Waals surface area contributed by atoms with E-state index in [-0.39, 0.29) is 88.7 Å². The number of benzene rings is 5. The molecule has 63 heavy (non-hydrogen) atoms. The Morgan fingerprint density at radius 2 is 1.05 bits per heavy atom. The van der Waals surface area contributed by atoms with Crippen molar-refractivity contribution in [1.29, 1.82) is 0 Å². The van der Waals surface area contributed by atoms with Gasteiger partial charge in [0.15, 0.2) is 5.82 Å². The zero-order valence-electron chi connectivity index (χ0n) is 35.3. The van der Waals surface area contributed by atoms with E-state index in [4.69, 9.17) is 0 Å². The van der Waals surface area contributed by atoms with Crippen molar-refractivity contribution in [2.24, 2.45) is 0 Å². The standard InChI is InChI=1S/C15H12N3.C13H15N2.C10H11GeN2.C10H11N2Si.2Ir.2Rh/c1-3-7-13(8-4-1)11-15-16-12-18(17-15)14-9-5-2-6-10-14;1-2-3-7-12-10-11-15(14-12)13-8-5-4-6-9-13;1-11-10-7-8-13(12-10)9-5-3-2-4-6-9;1-13-10-7-8-12(11-10)9-5-3-2-4-6-9;;;;/h1-9,12H,11H2;4-6,8,10-11H,2-3,7H2,1H3;2-5,7-8H,11H2,1H3;2-5,7-8H,13H2,1H3;;;;/q4*-1;;;;. The molecule has 0 saturated carbocycles. The molecule has 334 valence electrons. The van der Waals surface area contributed by atoms with Gasteiger partial charge >= 0.3 is 83.8 Å². The monoisotopic (exact) mass is 1450 g/mol. The predicted molar refractivity (Wildman–Crippen MR) is 243 cm³/mol. The molecule has 0 atom stereocenters. The molecule has 0 fully saturated rings. The van der Waals surface area contributed by atoms with E-state index in [1.54, 1.807) is 11.0 Å². The molecule has 4 radical (unpaired) electrons. The molecule has 0 amide bonds. The van der Waals surface area contributed by atoms with E-state index in [1.165, 1.54) is 28.2 Å². The van der Waals surface area contributed by atoms with Crippen LogP contribution in [0.15, 0.2) is 171 Å². The van der Waals surface area contributed by atoms with Crippen LogP contribution in [0.2, 0.25) is 12.3 Å². The Hall–Kier alpha value is -3.82. The van der Waals surface area contributed by atoms with Crippen LogP contribution in [0.3, 0.4) is 0 Å². The molecular weight excluding hydrogens is 1390 g/mol. The molecule has 0 aliphatic rings. The number of para-hydroxylation sites is 4. The molecule has 0 N–H and O–H groups in total. The second kappa shape index (κ2) is 31.1. The van der Waals surface area contributed by atoms with E-state index in [0.29, 0.717) is 0 Å². The third-order valence-electron chi connectivity index (χ3n) is 8.95. The Balaban J connectivity index is 0.000000285. The number of aryl methyl sites for hydroxylation is 1. The number of hydrogen-bond donors (Lipinski definition) is 0. The molecule has 0 unspecified atom stereocenters. The molecular formula is C48H49GeIr2N9Rh2Si-4. The minimum atomic E-state index is -0.527. The second-order valence-corrected chi connectivity index (χ2v) is 17.8. The van der Waals surface area contributed by atoms with Gasteiger partial charge in [0.05, 0.1) is 15.2 Å². The summed E-state index contributed by atoms with van der Waals surface area (Å²) in [6, 6.07) is 60.4. The van der Waals surface area contributed by atoms with Gasteiger partial charge in [-0.05, 0) is 47.6 Å². The molecule has 0 saturated heterocycles. The van der Waals surface area contributed by atoms with Gasteiger partial charge in [0.25, 0.3) is 0 Å². The van der Waals surface area contributed by atoms with Gasteiger partial charge in [-0.1, -0.05) is 50.2 Å². The molecule has 5 aromatic carbocycles. The van der Waals surface area contributed by atoms with Crippen LogP contribution in [0.25, 0.3) is 22.7 Å². The Kier molecular flexibility index (Phi) is 27.3. The van der Waals surface area contributed by atoms with Crippen molar-refractivity contribution < 1.29 is 79.2 Å². The van der Waals surface area contributed by atoms with Crippen LogP contribution in [-0.4, -0.2) is 69.1 Å². The van der Waals surface area contributed by atoms with E-state index in [2.05, 4.69) is 99.2 Å². The van der Waals surface area contributed by atoms with Crippen molar-refractivity contribution in [3.63, 3.8) is 0 Å². The van der Waals surface area contributed by atoms with Gasteiger partial charge in [0.1, 0.15) is 6.33 Å². The third kappa shape index (κ3) is 18.3. The minimum Gasteiger partial charge on any atom is -0.245 e. The zero-order chi connectivity index (χ0) is 40.9. The van der Waals surface area contributed by atoms with Crippen LogP contribution in [0.1, 0.15) is 36.8 Å². The van der Waals surface area contributed by atoms with Crippen LogP contribution < -0.4 is 9.84 Å². The molecule has 9 aromatic rings. The van der Waals surface area contributed by atoms with E-state index in [9.17, 15) is 0 Å². The average Bonchev–Trinajstić information content (AvgIpc) is 4.16. The normalized spacial score (nSPS) is 10.1. The average molecular weight is 1440 g/mol. The van der Waals surface area contributed by atoms with Gasteiger partial charge in [-0.15, -0.1) is 18.2 Å². The number of hydrogen-bond acceptors (Lipinski definition) is 5. The number of nitrogens with zero attached hydrogens (tertiary/aromatic N) is 9. The second-order valence-electron chi connectivity index (χ2n) is 13.3. The predicted octanol–water partition coefficient (Wildman–Crippen LogP) is 6.69. The summed E-state index contributed by atoms with van der Waals surface area (Å²) in [5, 5.41) is 19.1. The Morgan fingerprint density at radius 3 is 1.52 bits per heavy atom. The van der Waals surface area contributed by atoms with Gasteiger partial charge in [0.2, 0.25) is 0 Å². The zero-order valence-corrected chi connectivity index (χ0v) is 47.7. The maximum Gasteiger partial charge on any atom is 0.155 e. The number of unbranched alkanes of at least 4 members (excludes halogenated alkanes) is 1. The van der Waals surface area contributed by atoms with Gasteiger partial charge in [-0.2, -0.15) is 88.1 Å². The van der Waals surface area contributed by atoms with Crippen molar-refractivity contribution in [2.45, 2.75) is 44.9 Å².